The lowest BCUT2D eigenvalue weighted by atomic mass is 9.53. The molecule has 0 unspecified atom stereocenters. The van der Waals surface area contributed by atoms with Crippen molar-refractivity contribution in [2.45, 2.75) is 87.0 Å². The Morgan fingerprint density at radius 3 is 2.07 bits per heavy atom. The van der Waals surface area contributed by atoms with E-state index in [1.54, 1.807) is 11.8 Å². The maximum atomic E-state index is 12.9. The number of hydrogen-bond donors (Lipinski definition) is 3. The quantitative estimate of drug-likeness (QED) is 0.226. The Morgan fingerprint density at radius 1 is 0.791 bits per heavy atom. The summed E-state index contributed by atoms with van der Waals surface area (Å²) in [7, 11) is 0. The van der Waals surface area contributed by atoms with E-state index in [0.29, 0.717) is 6.54 Å². The van der Waals surface area contributed by atoms with Gasteiger partial charge in [-0.15, -0.1) is 11.8 Å². The van der Waals surface area contributed by atoms with Crippen LogP contribution in [0.3, 0.4) is 0 Å². The first-order valence-electron chi connectivity index (χ1n) is 15.9. The topological polar surface area (TPSA) is 79.8 Å². The average molecular weight is 599 g/mol. The van der Waals surface area contributed by atoms with Crippen LogP contribution in [0.15, 0.2) is 83.8 Å². The summed E-state index contributed by atoms with van der Waals surface area (Å²) < 4.78 is 13.0. The molecule has 2 amide bonds. The fourth-order valence-corrected chi connectivity index (χ4v) is 9.19. The molecule has 0 radical (unpaired) electrons. The summed E-state index contributed by atoms with van der Waals surface area (Å²) >= 11 is 1.80. The number of urea groups is 1. The summed E-state index contributed by atoms with van der Waals surface area (Å²) in [6.45, 7) is 0.514. The van der Waals surface area contributed by atoms with Crippen LogP contribution < -0.4 is 10.6 Å². The molecule has 1 heterocycles. The smallest absolute Gasteiger partial charge is 0.315 e. The number of ether oxygens (including phenoxy) is 2. The van der Waals surface area contributed by atoms with Gasteiger partial charge in [0.25, 0.3) is 0 Å². The van der Waals surface area contributed by atoms with Crippen molar-refractivity contribution >= 4 is 17.8 Å². The molecule has 0 aromatic heterocycles. The lowest BCUT2D eigenvalue weighted by molar-refractivity contribution is -0.245. The number of carbonyl (C=O) groups is 1. The molecule has 226 valence electrons. The summed E-state index contributed by atoms with van der Waals surface area (Å²) in [4.78, 5) is 14.2. The molecule has 0 spiro atoms. The molecule has 7 heteroatoms. The molecule has 43 heavy (non-hydrogen) atoms. The highest BCUT2D eigenvalue weighted by Gasteiger charge is 2.51. The summed E-state index contributed by atoms with van der Waals surface area (Å²) in [5, 5.41) is 16.0. The molecular weight excluding hydrogens is 556 g/mol. The number of aliphatic hydroxyl groups excluding tert-OH is 1. The van der Waals surface area contributed by atoms with Crippen molar-refractivity contribution in [3.8, 4) is 0 Å². The van der Waals surface area contributed by atoms with Crippen molar-refractivity contribution in [1.29, 1.82) is 0 Å². The monoisotopic (exact) mass is 598 g/mol. The third kappa shape index (κ3) is 6.80. The zero-order valence-electron chi connectivity index (χ0n) is 24.6. The number of nitrogens with one attached hydrogen (secondary N) is 2. The average Bonchev–Trinajstić information content (AvgIpc) is 3.02. The van der Waals surface area contributed by atoms with Gasteiger partial charge in [0, 0.05) is 34.7 Å². The van der Waals surface area contributed by atoms with E-state index in [-0.39, 0.29) is 30.4 Å². The highest BCUT2D eigenvalue weighted by molar-refractivity contribution is 7.99. The van der Waals surface area contributed by atoms with Crippen LogP contribution >= 0.6 is 11.8 Å². The highest BCUT2D eigenvalue weighted by atomic mass is 32.2. The van der Waals surface area contributed by atoms with Gasteiger partial charge in [-0.1, -0.05) is 66.7 Å². The maximum Gasteiger partial charge on any atom is 0.315 e. The van der Waals surface area contributed by atoms with Gasteiger partial charge in [-0.25, -0.2) is 4.79 Å². The second-order valence-corrected chi connectivity index (χ2v) is 14.3. The van der Waals surface area contributed by atoms with Crippen molar-refractivity contribution in [3.05, 3.63) is 101 Å². The van der Waals surface area contributed by atoms with Crippen LogP contribution in [0.1, 0.15) is 79.6 Å². The Balaban J connectivity index is 0.982. The number of aliphatic hydroxyl groups is 1. The number of amides is 2. The number of carbonyl (C=O) groups excluding carboxylic acids is 1. The van der Waals surface area contributed by atoms with Crippen LogP contribution in [0.25, 0.3) is 0 Å². The second-order valence-electron chi connectivity index (χ2n) is 13.2. The SMILES string of the molecule is O=C(NCc1ccc([C@@H]2O[C@H](CSc3ccccc3)C[C@H](c3ccc(CO)cc3)O2)cc1)NC12CC3CC(CC(C3)C1)C2. The third-order valence-corrected chi connectivity index (χ3v) is 11.1. The zero-order chi connectivity index (χ0) is 29.2. The van der Waals surface area contributed by atoms with Crippen molar-refractivity contribution in [2.24, 2.45) is 17.8 Å². The first-order chi connectivity index (χ1) is 21.0. The first-order valence-corrected chi connectivity index (χ1v) is 16.8. The molecule has 4 aliphatic carbocycles. The van der Waals surface area contributed by atoms with Crippen molar-refractivity contribution < 1.29 is 19.4 Å². The Morgan fingerprint density at radius 2 is 1.42 bits per heavy atom. The number of benzene rings is 3. The minimum atomic E-state index is -0.487. The van der Waals surface area contributed by atoms with E-state index in [9.17, 15) is 9.90 Å². The number of thioether (sulfide) groups is 1. The molecule has 1 saturated heterocycles. The van der Waals surface area contributed by atoms with E-state index >= 15 is 0 Å². The van der Waals surface area contributed by atoms with Crippen LogP contribution in [-0.2, 0) is 22.6 Å². The Kier molecular flexibility index (Phi) is 8.50. The van der Waals surface area contributed by atoms with Crippen molar-refractivity contribution in [3.63, 3.8) is 0 Å². The molecule has 5 fully saturated rings. The normalized spacial score (nSPS) is 31.1. The lowest BCUT2D eigenvalue weighted by Gasteiger charge is -2.56. The predicted octanol–water partition coefficient (Wildman–Crippen LogP) is 7.28. The molecule has 5 aliphatic rings. The van der Waals surface area contributed by atoms with Gasteiger partial charge >= 0.3 is 6.03 Å². The van der Waals surface area contributed by atoms with Crippen LogP contribution in [-0.4, -0.2) is 28.5 Å². The molecule has 8 rings (SSSR count). The zero-order valence-corrected chi connectivity index (χ0v) is 25.4. The Labute approximate surface area is 258 Å². The minimum Gasteiger partial charge on any atom is -0.392 e. The van der Waals surface area contributed by atoms with Crippen molar-refractivity contribution in [1.82, 2.24) is 10.6 Å². The molecule has 1 aliphatic heterocycles. The lowest BCUT2D eigenvalue weighted by Crippen LogP contribution is -2.61. The van der Waals surface area contributed by atoms with Gasteiger partial charge in [0.05, 0.1) is 18.8 Å². The fourth-order valence-electron chi connectivity index (χ4n) is 8.25. The van der Waals surface area contributed by atoms with Crippen LogP contribution in [0, 0.1) is 17.8 Å². The molecule has 3 aromatic carbocycles. The van der Waals surface area contributed by atoms with Gasteiger partial charge in [-0.05, 0) is 85.1 Å². The standard InChI is InChI=1S/C36H42N2O4S/c39-22-25-8-10-29(11-9-25)33-17-31(23-43-32-4-2-1-3-5-32)41-34(42-33)30-12-6-24(7-13-30)21-37-35(40)38-36-18-26-14-27(19-36)16-28(15-26)20-36/h1-13,26-28,31,33-34,39H,14-23H2,(H2,37,38,40)/t26?,27?,28?,31-,33+,34+,36?/m0/s1. The summed E-state index contributed by atoms with van der Waals surface area (Å²) in [5.41, 5.74) is 4.01. The van der Waals surface area contributed by atoms with Gasteiger partial charge in [0.1, 0.15) is 0 Å². The van der Waals surface area contributed by atoms with Gasteiger partial charge in [-0.3, -0.25) is 0 Å². The van der Waals surface area contributed by atoms with E-state index in [1.807, 2.05) is 30.3 Å². The van der Waals surface area contributed by atoms with Crippen LogP contribution in [0.4, 0.5) is 4.79 Å². The molecule has 3 atom stereocenters. The molecule has 4 saturated carbocycles. The summed E-state index contributed by atoms with van der Waals surface area (Å²) in [6.07, 6.45) is 7.74. The van der Waals surface area contributed by atoms with E-state index in [0.717, 1.165) is 71.4 Å². The molecule has 3 N–H and O–H groups in total. The summed E-state index contributed by atoms with van der Waals surface area (Å²) in [5.74, 6) is 3.24. The van der Waals surface area contributed by atoms with Crippen LogP contribution in [0.5, 0.6) is 0 Å². The van der Waals surface area contributed by atoms with Gasteiger partial charge in [-0.2, -0.15) is 0 Å². The van der Waals surface area contributed by atoms with E-state index in [1.165, 1.54) is 24.2 Å². The van der Waals surface area contributed by atoms with E-state index in [4.69, 9.17) is 9.47 Å². The fraction of sp³-hybridized carbons (Fsp3) is 0.472. The second kappa shape index (κ2) is 12.6. The highest BCUT2D eigenvalue weighted by Crippen LogP contribution is 2.55. The van der Waals surface area contributed by atoms with Gasteiger partial charge in [0.2, 0.25) is 0 Å². The number of hydrogen-bond acceptors (Lipinski definition) is 5. The van der Waals surface area contributed by atoms with Gasteiger partial charge < -0.3 is 25.2 Å². The molecule has 6 nitrogen and oxygen atoms in total. The van der Waals surface area contributed by atoms with E-state index < -0.39 is 6.29 Å². The molecule has 4 bridgehead atoms. The predicted molar refractivity (Wildman–Crippen MR) is 168 cm³/mol. The van der Waals surface area contributed by atoms with Gasteiger partial charge in [0.15, 0.2) is 6.29 Å². The largest absolute Gasteiger partial charge is 0.392 e. The third-order valence-electron chi connectivity index (χ3n) is 9.92. The molecule has 3 aromatic rings. The van der Waals surface area contributed by atoms with E-state index in [2.05, 4.69) is 59.2 Å². The number of rotatable bonds is 9. The van der Waals surface area contributed by atoms with Crippen molar-refractivity contribution in [2.75, 3.05) is 5.75 Å². The van der Waals surface area contributed by atoms with Crippen LogP contribution in [0.2, 0.25) is 0 Å². The first kappa shape index (κ1) is 28.9. The minimum absolute atomic E-state index is 0.0149. The Bertz CT molecular complexity index is 1350. The maximum absolute atomic E-state index is 12.9. The summed E-state index contributed by atoms with van der Waals surface area (Å²) in [6, 6.07) is 26.6. The Hall–Kier alpha value is -2.84. The molecular formula is C36H42N2O4S.